The highest BCUT2D eigenvalue weighted by atomic mass is 79.9. The third-order valence-corrected chi connectivity index (χ3v) is 2.75. The standard InChI is InChI=1S/C11H12BrFO2/c1-2-8-5-7(3-4-10(14)15)6-9(12)11(8)13/h5-6H,2-4H2,1H3,(H,14,15). The molecule has 1 aromatic rings. The highest BCUT2D eigenvalue weighted by Gasteiger charge is 2.08. The van der Waals surface area contributed by atoms with Crippen LogP contribution in [0.2, 0.25) is 0 Å². The Morgan fingerprint density at radius 3 is 2.73 bits per heavy atom. The zero-order valence-electron chi connectivity index (χ0n) is 8.39. The summed E-state index contributed by atoms with van der Waals surface area (Å²) in [5.41, 5.74) is 1.47. The van der Waals surface area contributed by atoms with E-state index in [2.05, 4.69) is 15.9 Å². The van der Waals surface area contributed by atoms with E-state index in [1.165, 1.54) is 0 Å². The number of carboxylic acid groups (broad SMARTS) is 1. The van der Waals surface area contributed by atoms with Gasteiger partial charge in [0.15, 0.2) is 0 Å². The van der Waals surface area contributed by atoms with E-state index in [0.29, 0.717) is 22.9 Å². The minimum absolute atomic E-state index is 0.0707. The van der Waals surface area contributed by atoms with E-state index in [0.717, 1.165) is 5.56 Å². The highest BCUT2D eigenvalue weighted by Crippen LogP contribution is 2.22. The maximum atomic E-state index is 13.4. The van der Waals surface area contributed by atoms with Crippen LogP contribution in [0.25, 0.3) is 0 Å². The summed E-state index contributed by atoms with van der Waals surface area (Å²) in [5.74, 6) is -1.09. The fourth-order valence-corrected chi connectivity index (χ4v) is 1.91. The highest BCUT2D eigenvalue weighted by molar-refractivity contribution is 9.10. The largest absolute Gasteiger partial charge is 0.481 e. The maximum Gasteiger partial charge on any atom is 0.303 e. The molecule has 15 heavy (non-hydrogen) atoms. The van der Waals surface area contributed by atoms with Crippen molar-refractivity contribution in [2.24, 2.45) is 0 Å². The van der Waals surface area contributed by atoms with Crippen molar-refractivity contribution >= 4 is 21.9 Å². The molecule has 0 saturated heterocycles. The summed E-state index contributed by atoms with van der Waals surface area (Å²) < 4.78 is 13.8. The second-order valence-corrected chi connectivity index (χ2v) is 4.15. The number of aryl methyl sites for hydroxylation is 2. The molecular formula is C11H12BrFO2. The first-order chi connectivity index (χ1) is 7.04. The monoisotopic (exact) mass is 274 g/mol. The van der Waals surface area contributed by atoms with E-state index >= 15 is 0 Å². The van der Waals surface area contributed by atoms with Crippen molar-refractivity contribution in [3.63, 3.8) is 0 Å². The van der Waals surface area contributed by atoms with Gasteiger partial charge in [-0.2, -0.15) is 0 Å². The van der Waals surface area contributed by atoms with Crippen molar-refractivity contribution in [2.75, 3.05) is 0 Å². The van der Waals surface area contributed by atoms with Gasteiger partial charge in [-0.25, -0.2) is 4.39 Å². The molecule has 0 aliphatic carbocycles. The van der Waals surface area contributed by atoms with Gasteiger partial charge in [0, 0.05) is 6.42 Å². The molecule has 0 fully saturated rings. The minimum Gasteiger partial charge on any atom is -0.481 e. The van der Waals surface area contributed by atoms with Gasteiger partial charge in [-0.15, -0.1) is 0 Å². The Morgan fingerprint density at radius 1 is 1.53 bits per heavy atom. The lowest BCUT2D eigenvalue weighted by atomic mass is 10.0. The Balaban J connectivity index is 2.90. The van der Waals surface area contributed by atoms with Crippen LogP contribution in [-0.4, -0.2) is 11.1 Å². The molecule has 0 amide bonds. The van der Waals surface area contributed by atoms with E-state index in [1.54, 1.807) is 12.1 Å². The third kappa shape index (κ3) is 3.30. The van der Waals surface area contributed by atoms with Crippen LogP contribution in [0.1, 0.15) is 24.5 Å². The minimum atomic E-state index is -0.839. The number of carbonyl (C=O) groups is 1. The number of halogens is 2. The van der Waals surface area contributed by atoms with Gasteiger partial charge >= 0.3 is 5.97 Å². The summed E-state index contributed by atoms with van der Waals surface area (Å²) in [6.07, 6.45) is 1.10. The SMILES string of the molecule is CCc1cc(CCC(=O)O)cc(Br)c1F. The third-order valence-electron chi connectivity index (χ3n) is 2.17. The smallest absolute Gasteiger partial charge is 0.303 e. The summed E-state index contributed by atoms with van der Waals surface area (Å²) in [6, 6.07) is 3.36. The molecule has 1 aromatic carbocycles. The fraction of sp³-hybridized carbons (Fsp3) is 0.364. The van der Waals surface area contributed by atoms with Crippen molar-refractivity contribution in [1.82, 2.24) is 0 Å². The number of carboxylic acids is 1. The molecule has 1 N–H and O–H groups in total. The molecule has 0 heterocycles. The summed E-state index contributed by atoms with van der Waals surface area (Å²) in [7, 11) is 0. The van der Waals surface area contributed by atoms with Gasteiger partial charge in [0.05, 0.1) is 4.47 Å². The Bertz CT molecular complexity index is 377. The number of rotatable bonds is 4. The fourth-order valence-electron chi connectivity index (χ4n) is 1.36. The molecule has 0 saturated carbocycles. The zero-order chi connectivity index (χ0) is 11.4. The lowest BCUT2D eigenvalue weighted by Crippen LogP contribution is -1.99. The Morgan fingerprint density at radius 2 is 2.20 bits per heavy atom. The normalized spacial score (nSPS) is 10.3. The van der Waals surface area contributed by atoms with Crippen LogP contribution in [0.15, 0.2) is 16.6 Å². The first-order valence-electron chi connectivity index (χ1n) is 4.73. The summed E-state index contributed by atoms with van der Waals surface area (Å²) in [4.78, 5) is 10.4. The molecule has 0 aromatic heterocycles. The molecular weight excluding hydrogens is 263 g/mol. The second-order valence-electron chi connectivity index (χ2n) is 3.30. The number of aliphatic carboxylic acids is 1. The van der Waals surface area contributed by atoms with E-state index in [1.807, 2.05) is 6.92 Å². The van der Waals surface area contributed by atoms with Crippen LogP contribution in [-0.2, 0) is 17.6 Å². The van der Waals surface area contributed by atoms with Crippen LogP contribution in [0.3, 0.4) is 0 Å². The molecule has 0 bridgehead atoms. The maximum absolute atomic E-state index is 13.4. The van der Waals surface area contributed by atoms with Crippen molar-refractivity contribution in [3.8, 4) is 0 Å². The quantitative estimate of drug-likeness (QED) is 0.916. The predicted octanol–water partition coefficient (Wildman–Crippen LogP) is 3.17. The average Bonchev–Trinajstić information content (AvgIpc) is 2.19. The van der Waals surface area contributed by atoms with Crippen molar-refractivity contribution in [3.05, 3.63) is 33.5 Å². The van der Waals surface area contributed by atoms with Crippen LogP contribution in [0.5, 0.6) is 0 Å². The average molecular weight is 275 g/mol. The molecule has 0 aliphatic rings. The number of hydrogen-bond acceptors (Lipinski definition) is 1. The van der Waals surface area contributed by atoms with E-state index in [4.69, 9.17) is 5.11 Å². The van der Waals surface area contributed by atoms with Gasteiger partial charge in [-0.05, 0) is 46.0 Å². The molecule has 1 rings (SSSR count). The van der Waals surface area contributed by atoms with Crippen molar-refractivity contribution < 1.29 is 14.3 Å². The lowest BCUT2D eigenvalue weighted by molar-refractivity contribution is -0.136. The van der Waals surface area contributed by atoms with Crippen LogP contribution >= 0.6 is 15.9 Å². The molecule has 0 spiro atoms. The van der Waals surface area contributed by atoms with Gasteiger partial charge in [0.2, 0.25) is 0 Å². The lowest BCUT2D eigenvalue weighted by Gasteiger charge is -2.06. The van der Waals surface area contributed by atoms with E-state index in [-0.39, 0.29) is 12.2 Å². The summed E-state index contributed by atoms with van der Waals surface area (Å²) in [6.45, 7) is 1.87. The van der Waals surface area contributed by atoms with Crippen molar-refractivity contribution in [2.45, 2.75) is 26.2 Å². The van der Waals surface area contributed by atoms with E-state index < -0.39 is 5.97 Å². The molecule has 0 unspecified atom stereocenters. The van der Waals surface area contributed by atoms with Gasteiger partial charge in [0.25, 0.3) is 0 Å². The first kappa shape index (κ1) is 12.2. The van der Waals surface area contributed by atoms with Gasteiger partial charge in [-0.1, -0.05) is 13.0 Å². The Labute approximate surface area is 96.2 Å². The Kier molecular flexibility index (Phi) is 4.27. The van der Waals surface area contributed by atoms with Crippen LogP contribution in [0, 0.1) is 5.82 Å². The number of benzene rings is 1. The van der Waals surface area contributed by atoms with Gasteiger partial charge in [0.1, 0.15) is 5.82 Å². The molecule has 82 valence electrons. The molecule has 0 atom stereocenters. The molecule has 2 nitrogen and oxygen atoms in total. The first-order valence-corrected chi connectivity index (χ1v) is 5.52. The zero-order valence-corrected chi connectivity index (χ0v) is 9.97. The van der Waals surface area contributed by atoms with Gasteiger partial charge in [-0.3, -0.25) is 4.79 Å². The molecule has 0 aliphatic heterocycles. The number of hydrogen-bond donors (Lipinski definition) is 1. The Hall–Kier alpha value is -0.900. The topological polar surface area (TPSA) is 37.3 Å². The van der Waals surface area contributed by atoms with Crippen LogP contribution in [0.4, 0.5) is 4.39 Å². The second kappa shape index (κ2) is 5.26. The summed E-state index contributed by atoms with van der Waals surface area (Å²) in [5, 5.41) is 8.54. The summed E-state index contributed by atoms with van der Waals surface area (Å²) >= 11 is 3.12. The van der Waals surface area contributed by atoms with Crippen LogP contribution < -0.4 is 0 Å². The predicted molar refractivity (Wildman–Crippen MR) is 59.4 cm³/mol. The molecule has 0 radical (unpaired) electrons. The van der Waals surface area contributed by atoms with Crippen molar-refractivity contribution in [1.29, 1.82) is 0 Å². The van der Waals surface area contributed by atoms with Gasteiger partial charge < -0.3 is 5.11 Å². The molecule has 4 heteroatoms. The van der Waals surface area contributed by atoms with E-state index in [9.17, 15) is 9.18 Å².